The molecule has 542 valence electrons. The van der Waals surface area contributed by atoms with Crippen molar-refractivity contribution in [3.05, 3.63) is 29.3 Å². The molecule has 1 amide bonds. The first-order valence-corrected chi connectivity index (χ1v) is 118. The van der Waals surface area contributed by atoms with Gasteiger partial charge in [0.2, 0.25) is 5.91 Å². The highest BCUT2D eigenvalue weighted by molar-refractivity contribution is 8.85. The van der Waals surface area contributed by atoms with Crippen LogP contribution in [0.1, 0.15) is 36.7 Å². The van der Waals surface area contributed by atoms with Crippen LogP contribution in [0.4, 0.5) is 5.69 Å². The summed E-state index contributed by atoms with van der Waals surface area (Å²) in [5.74, 6) is -0.0977. The number of aryl methyl sites for hydroxylation is 1. The van der Waals surface area contributed by atoms with Gasteiger partial charge in [-0.3, -0.25) is 9.59 Å². The van der Waals surface area contributed by atoms with Gasteiger partial charge in [-0.2, -0.15) is 0 Å². The minimum atomic E-state index is -0.467. The molecule has 1 aromatic carbocycles. The summed E-state index contributed by atoms with van der Waals surface area (Å²) in [5.41, 5.74) is 1.61. The van der Waals surface area contributed by atoms with Crippen LogP contribution >= 0.6 is 0 Å². The lowest BCUT2D eigenvalue weighted by atomic mass is 9.95. The van der Waals surface area contributed by atoms with Crippen LogP contribution < -0.4 is 5.32 Å². The van der Waals surface area contributed by atoms with E-state index in [0.717, 1.165) is 11.8 Å². The zero-order chi connectivity index (χ0) is 66.7. The third-order valence-electron chi connectivity index (χ3n) is 4.29. The van der Waals surface area contributed by atoms with Crippen LogP contribution in [-0.2, 0) is 684 Å². The van der Waals surface area contributed by atoms with Crippen molar-refractivity contribution in [1.82, 2.24) is 0 Å². The van der Waals surface area contributed by atoms with Crippen LogP contribution in [0.3, 0.4) is 0 Å². The molecule has 79 heteroatoms. The third-order valence-corrected chi connectivity index (χ3v) is 167. The van der Waals surface area contributed by atoms with Crippen molar-refractivity contribution >= 4 is 697 Å². The highest BCUT2D eigenvalue weighted by Gasteiger charge is 2.21. The Labute approximate surface area is 752 Å². The lowest BCUT2D eigenvalue weighted by Gasteiger charge is -2.18. The molecule has 0 unspecified atom stereocenters. The van der Waals surface area contributed by atoms with Gasteiger partial charge in [0.25, 0.3) is 0 Å². The molecule has 0 atom stereocenters. The van der Waals surface area contributed by atoms with Crippen molar-refractivity contribution < 1.29 is 9.59 Å². The molecule has 1 N–H and O–H groups in total. The summed E-state index contributed by atoms with van der Waals surface area (Å²) in [5, 5.41) is 2.76. The first-order chi connectivity index (χ1) is 45.3. The summed E-state index contributed by atoms with van der Waals surface area (Å²) in [6, 6.07) is 5.37. The summed E-state index contributed by atoms with van der Waals surface area (Å²) in [7, 11) is 133. The molecule has 1 aromatic rings. The van der Waals surface area contributed by atoms with Gasteiger partial charge in [-0.15, -0.1) is 0 Å². The van der Waals surface area contributed by atoms with Gasteiger partial charge < -0.3 is 5.32 Å². The number of hydrogen-bond donors (Lipinski definition) is 1. The zero-order valence-electron chi connectivity index (χ0n) is 41.2. The second kappa shape index (κ2) is 93.2. The predicted molar refractivity (Wildman–Crippen MR) is 624 cm³/mol. The number of benzene rings is 1. The highest BCUT2D eigenvalue weighted by atomic mass is 33.5. The normalized spacial score (nSPS) is 8.39. The van der Waals surface area contributed by atoms with Crippen LogP contribution in [0.2, 0.25) is 0 Å². The molecule has 0 aromatic heterocycles. The first-order valence-electron chi connectivity index (χ1n) is 17.7. The summed E-state index contributed by atoms with van der Waals surface area (Å²) < 4.78 is 0. The smallest absolute Gasteiger partial charge is 0.229 e. The van der Waals surface area contributed by atoms with E-state index in [4.69, 9.17) is 22.4 Å². The molecule has 0 fully saturated rings. The third kappa shape index (κ3) is 89.0. The van der Waals surface area contributed by atoms with E-state index in [1.807, 2.05) is 567 Å². The Morgan fingerprint density at radius 2 is 0.424 bits per heavy atom. The summed E-state index contributed by atoms with van der Waals surface area (Å²) in [4.78, 5) is 22.6. The summed E-state index contributed by atoms with van der Waals surface area (Å²) in [6.45, 7) is 7.40. The molecule has 0 aliphatic carbocycles. The molecule has 92 heavy (non-hydrogen) atoms. The Hall–Kier alpha value is 15.1. The van der Waals surface area contributed by atoms with E-state index < -0.39 is 5.41 Å². The van der Waals surface area contributed by atoms with Crippen LogP contribution in [0.25, 0.3) is 0 Å². The average Bonchev–Trinajstić information content (AvgIpc) is 1.25. The number of carbonyl (C=O) groups excluding carboxylic acids is 2. The van der Waals surface area contributed by atoms with Crippen molar-refractivity contribution in [2.75, 3.05) is 5.32 Å². The van der Waals surface area contributed by atoms with Gasteiger partial charge in [0, 0.05) is 691 Å². The largest absolute Gasteiger partial charge is 0.325 e. The molecule has 0 spiro atoms. The van der Waals surface area contributed by atoms with Gasteiger partial charge in [0.1, 0.15) is 0 Å². The Balaban J connectivity index is 0.00000446. The molecule has 0 bridgehead atoms. The minimum absolute atomic E-state index is 0.0977. The van der Waals surface area contributed by atoms with Crippen molar-refractivity contribution in [2.24, 2.45) is 5.41 Å². The van der Waals surface area contributed by atoms with Crippen molar-refractivity contribution in [1.29, 1.82) is 0 Å². The number of anilines is 1. The topological polar surface area (TPSA) is 46.2 Å². The molecule has 0 aliphatic heterocycles. The predicted octanol–water partition coefficient (Wildman–Crippen LogP) is 2.61. The number of rotatable bonds is 2. The fraction of sp³-hybridized carbons (Fsp3) is 0.385. The monoisotopic (exact) mass is 2650 g/mol. The van der Waals surface area contributed by atoms with E-state index in [2.05, 4.69) is 5.32 Å². The van der Waals surface area contributed by atoms with Gasteiger partial charge >= 0.3 is 0 Å². The molecule has 0 aliphatic rings. The van der Waals surface area contributed by atoms with Crippen LogP contribution in [0.15, 0.2) is 18.2 Å². The quantitative estimate of drug-likeness (QED) is 0.464. The number of aldehydes is 1. The van der Waals surface area contributed by atoms with Crippen molar-refractivity contribution in [3.63, 3.8) is 0 Å². The highest BCUT2D eigenvalue weighted by Crippen LogP contribution is 2.20. The SMILES string of the molecule is Cc1ccc(NC(=O)C(C)(C)C)c(C=O)c1.S=S=S=S=S=S=S=S=S=S=S=S=S=S=S=S=S=S=S=S=S=S=S=S=S=S=S=S=S=S=S=S=S=S=S=S=S=S=S=S=S=S=S=S=S=S=S=S=S=S=S=S=S=S=S=S=S=S=S=S=S=S=S=S=S=S=S=S=S=S=S=S=S=S=S=S. The van der Waals surface area contributed by atoms with Gasteiger partial charge in [0.15, 0.2) is 6.29 Å². The fourth-order valence-electron chi connectivity index (χ4n) is 2.02. The summed E-state index contributed by atoms with van der Waals surface area (Å²) in [6.07, 6.45) is 0.755. The van der Waals surface area contributed by atoms with Crippen LogP contribution in [0.5, 0.6) is 0 Å². The van der Waals surface area contributed by atoms with Crippen LogP contribution in [-0.4, -0.2) is 12.2 Å². The molecular weight excluding hydrogens is 2640 g/mol. The maximum Gasteiger partial charge on any atom is 0.229 e. The molecule has 3 nitrogen and oxygen atoms in total. The Bertz CT molecular complexity index is 6230. The molecule has 0 heterocycles. The molecule has 1 rings (SSSR count). The average molecular weight is 2660 g/mol. The maximum absolute atomic E-state index is 11.8. The Morgan fingerprint density at radius 3 is 0.543 bits per heavy atom. The fourth-order valence-corrected chi connectivity index (χ4v) is 200. The van der Waals surface area contributed by atoms with E-state index in [-0.39, 0.29) is 5.91 Å². The lowest BCUT2D eigenvalue weighted by molar-refractivity contribution is -0.123. The van der Waals surface area contributed by atoms with E-state index in [0.29, 0.717) is 11.3 Å². The molecule has 0 radical (unpaired) electrons. The standard InChI is InChI=1S/C13H17NO2.S76/c1-9-5-6-11(10(7-9)8-15)14-12(16)13(2,3)4;1-3-5-7-9-11-13-15-17-19-21-23-25-27-29-31-33-35-37-39-41-43-45-47-49-51-53-55-57-59-61-63-65-67-69-71-73-75-76-74-72-70-68-66-64-62-60-58-56-54-52-50-48-46-44-42-40-38-36-34-32-30-28-26-24-22-20-18-16-14-12-10-8-6-4-2/h5-8H,1-4H3,(H,14,16);. The van der Waals surface area contributed by atoms with E-state index in [1.165, 1.54) is 17.8 Å². The Kier molecular flexibility index (Phi) is 109. The van der Waals surface area contributed by atoms with Gasteiger partial charge in [-0.25, -0.2) is 0 Å². The zero-order valence-corrected chi connectivity index (χ0v) is 103. The second-order valence-corrected chi connectivity index (χ2v) is 141. The van der Waals surface area contributed by atoms with E-state index >= 15 is 0 Å². The first kappa shape index (κ1) is 107. The lowest BCUT2D eigenvalue weighted by Crippen LogP contribution is -2.28. The van der Waals surface area contributed by atoms with Crippen LogP contribution in [0, 0.1) is 12.3 Å². The van der Waals surface area contributed by atoms with Gasteiger partial charge in [-0.05, 0) is 19.1 Å². The van der Waals surface area contributed by atoms with Gasteiger partial charge in [-0.1, -0.05) is 32.4 Å². The van der Waals surface area contributed by atoms with Crippen molar-refractivity contribution in [2.45, 2.75) is 27.7 Å². The maximum atomic E-state index is 11.8. The Morgan fingerprint density at radius 1 is 0.283 bits per heavy atom. The number of carbonyl (C=O) groups is 2. The van der Waals surface area contributed by atoms with Gasteiger partial charge in [0.05, 0.1) is 5.69 Å². The van der Waals surface area contributed by atoms with E-state index in [9.17, 15) is 9.59 Å². The molecule has 0 saturated heterocycles. The van der Waals surface area contributed by atoms with E-state index in [1.54, 1.807) is 119 Å². The number of amides is 1. The molecular formula is C13H17NO2S76. The second-order valence-electron chi connectivity index (χ2n) is 9.95. The molecule has 0 saturated carbocycles. The summed E-state index contributed by atoms with van der Waals surface area (Å²) >= 11 is 9.65. The minimum Gasteiger partial charge on any atom is -0.325 e. The number of hydrogen-bond acceptors (Lipinski definition) is 4. The number of nitrogens with one attached hydrogen (secondary N) is 1. The van der Waals surface area contributed by atoms with Crippen molar-refractivity contribution in [3.8, 4) is 0 Å².